The number of carboxylic acid groups (broad SMARTS) is 1. The Kier molecular flexibility index (Phi) is 8.30. The molecule has 0 saturated heterocycles. The van der Waals surface area contributed by atoms with Gasteiger partial charge in [-0.25, -0.2) is 4.79 Å². The molecule has 0 heterocycles. The summed E-state index contributed by atoms with van der Waals surface area (Å²) < 4.78 is 0. The first-order valence-corrected chi connectivity index (χ1v) is 6.57. The Hall–Kier alpha value is -1.83. The van der Waals surface area contributed by atoms with Gasteiger partial charge in [0.15, 0.2) is 0 Å². The van der Waals surface area contributed by atoms with Crippen molar-refractivity contribution in [2.45, 2.75) is 45.2 Å². The molecule has 0 aliphatic rings. The maximum absolute atomic E-state index is 11.8. The lowest BCUT2D eigenvalue weighted by Gasteiger charge is -2.21. The lowest BCUT2D eigenvalue weighted by molar-refractivity contribution is -0.129. The zero-order chi connectivity index (χ0) is 15.7. The van der Waals surface area contributed by atoms with Crippen LogP contribution in [0.25, 0.3) is 0 Å². The van der Waals surface area contributed by atoms with E-state index in [4.69, 9.17) is 16.6 Å². The van der Waals surface area contributed by atoms with Crippen molar-refractivity contribution in [1.29, 1.82) is 0 Å². The van der Waals surface area contributed by atoms with Gasteiger partial charge in [0.1, 0.15) is 6.04 Å². The van der Waals surface area contributed by atoms with Crippen molar-refractivity contribution in [2.75, 3.05) is 6.54 Å². The predicted octanol–water partition coefficient (Wildman–Crippen LogP) is -0.622. The highest BCUT2D eigenvalue weighted by Crippen LogP contribution is 2.03. The molecule has 0 unspecified atom stereocenters. The van der Waals surface area contributed by atoms with Gasteiger partial charge in [-0.1, -0.05) is 13.8 Å². The third-order valence-corrected chi connectivity index (χ3v) is 2.83. The van der Waals surface area contributed by atoms with Crippen molar-refractivity contribution in [1.82, 2.24) is 10.6 Å². The van der Waals surface area contributed by atoms with Gasteiger partial charge in [-0.2, -0.15) is 0 Å². The number of primary amides is 1. The average molecular weight is 288 g/mol. The number of hydrogen-bond donors (Lipinski definition) is 5. The molecule has 0 aliphatic carbocycles. The molecule has 7 N–H and O–H groups in total. The first kappa shape index (κ1) is 18.2. The monoisotopic (exact) mass is 288 g/mol. The smallest absolute Gasteiger partial charge is 0.404 e. The number of nitrogens with two attached hydrogens (primary N) is 2. The third kappa shape index (κ3) is 7.57. The van der Waals surface area contributed by atoms with E-state index in [0.29, 0.717) is 25.8 Å². The third-order valence-electron chi connectivity index (χ3n) is 2.83. The number of carbonyl (C=O) groups excluding carboxylic acids is 2. The summed E-state index contributed by atoms with van der Waals surface area (Å²) in [5.41, 5.74) is 10.9. The van der Waals surface area contributed by atoms with Gasteiger partial charge in [0.2, 0.25) is 11.8 Å². The lowest BCUT2D eigenvalue weighted by atomic mass is 10.0. The van der Waals surface area contributed by atoms with Gasteiger partial charge in [-0.05, 0) is 25.2 Å². The highest BCUT2D eigenvalue weighted by molar-refractivity contribution is 5.89. The van der Waals surface area contributed by atoms with Crippen LogP contribution < -0.4 is 22.1 Å². The van der Waals surface area contributed by atoms with Crippen LogP contribution in [0.15, 0.2) is 0 Å². The molecule has 0 aromatic heterocycles. The fourth-order valence-corrected chi connectivity index (χ4v) is 1.64. The number of carbonyl (C=O) groups is 3. The van der Waals surface area contributed by atoms with Gasteiger partial charge >= 0.3 is 6.09 Å². The normalized spacial score (nSPS) is 13.6. The van der Waals surface area contributed by atoms with E-state index in [2.05, 4.69) is 10.6 Å². The van der Waals surface area contributed by atoms with Crippen molar-refractivity contribution < 1.29 is 19.5 Å². The highest BCUT2D eigenvalue weighted by atomic mass is 16.4. The Labute approximate surface area is 118 Å². The summed E-state index contributed by atoms with van der Waals surface area (Å²) in [7, 11) is 0. The molecule has 0 rings (SSSR count). The van der Waals surface area contributed by atoms with E-state index in [1.54, 1.807) is 13.8 Å². The first-order chi connectivity index (χ1) is 9.25. The van der Waals surface area contributed by atoms with E-state index in [0.717, 1.165) is 0 Å². The largest absolute Gasteiger partial charge is 0.465 e. The van der Waals surface area contributed by atoms with Gasteiger partial charge in [-0.15, -0.1) is 0 Å². The van der Waals surface area contributed by atoms with Crippen molar-refractivity contribution in [2.24, 2.45) is 17.4 Å². The van der Waals surface area contributed by atoms with Crippen LogP contribution in [-0.4, -0.2) is 41.6 Å². The van der Waals surface area contributed by atoms with Crippen LogP contribution >= 0.6 is 0 Å². The molecule has 3 amide bonds. The summed E-state index contributed by atoms with van der Waals surface area (Å²) in [4.78, 5) is 33.2. The summed E-state index contributed by atoms with van der Waals surface area (Å²) in [6.45, 7) is 3.87. The average Bonchev–Trinajstić information content (AvgIpc) is 2.33. The van der Waals surface area contributed by atoms with Crippen molar-refractivity contribution >= 4 is 17.9 Å². The molecule has 0 saturated carbocycles. The van der Waals surface area contributed by atoms with E-state index in [1.807, 2.05) is 0 Å². The van der Waals surface area contributed by atoms with E-state index in [1.165, 1.54) is 0 Å². The van der Waals surface area contributed by atoms with Crippen molar-refractivity contribution in [3.63, 3.8) is 0 Å². The molecular weight excluding hydrogens is 264 g/mol. The number of amides is 3. The van der Waals surface area contributed by atoms with Crippen molar-refractivity contribution in [3.05, 3.63) is 0 Å². The Bertz CT molecular complexity index is 346. The van der Waals surface area contributed by atoms with E-state index < -0.39 is 30.0 Å². The molecule has 0 aromatic rings. The molecule has 2 atom stereocenters. The minimum atomic E-state index is -1.08. The van der Waals surface area contributed by atoms with Crippen LogP contribution in [0.2, 0.25) is 0 Å². The van der Waals surface area contributed by atoms with Gasteiger partial charge < -0.3 is 27.2 Å². The number of rotatable bonds is 9. The SMILES string of the molecule is CC(C)[C@H](NC(=O)[C@H](N)CCCCNC(=O)O)C(N)=O. The molecule has 20 heavy (non-hydrogen) atoms. The zero-order valence-corrected chi connectivity index (χ0v) is 11.9. The summed E-state index contributed by atoms with van der Waals surface area (Å²) in [6.07, 6.45) is 0.541. The van der Waals surface area contributed by atoms with E-state index >= 15 is 0 Å². The summed E-state index contributed by atoms with van der Waals surface area (Å²) >= 11 is 0. The molecule has 8 heteroatoms. The Balaban J connectivity index is 4.02. The number of hydrogen-bond acceptors (Lipinski definition) is 4. The zero-order valence-electron chi connectivity index (χ0n) is 11.9. The van der Waals surface area contributed by atoms with Crippen LogP contribution in [0.1, 0.15) is 33.1 Å². The van der Waals surface area contributed by atoms with Gasteiger partial charge in [0.05, 0.1) is 6.04 Å². The molecule has 116 valence electrons. The second kappa shape index (κ2) is 9.13. The minimum absolute atomic E-state index is 0.108. The number of unbranched alkanes of at least 4 members (excludes halogenated alkanes) is 1. The molecule has 8 nitrogen and oxygen atoms in total. The van der Waals surface area contributed by atoms with Gasteiger partial charge in [0, 0.05) is 6.54 Å². The van der Waals surface area contributed by atoms with Crippen LogP contribution in [0.5, 0.6) is 0 Å². The topological polar surface area (TPSA) is 148 Å². The van der Waals surface area contributed by atoms with Crippen LogP contribution in [0, 0.1) is 5.92 Å². The van der Waals surface area contributed by atoms with E-state index in [-0.39, 0.29) is 5.92 Å². The second-order valence-electron chi connectivity index (χ2n) is 4.97. The standard InChI is InChI=1S/C12H24N4O4/c1-7(2)9(10(14)17)16-11(18)8(13)5-3-4-6-15-12(19)20/h7-9,15H,3-6,13H2,1-2H3,(H2,14,17)(H,16,18)(H,19,20)/t8-,9+/m1/s1. The minimum Gasteiger partial charge on any atom is -0.465 e. The molecule has 0 fully saturated rings. The lowest BCUT2D eigenvalue weighted by Crippen LogP contribution is -2.52. The Morgan fingerprint density at radius 1 is 1.20 bits per heavy atom. The molecule has 0 radical (unpaired) electrons. The van der Waals surface area contributed by atoms with Crippen LogP contribution in [0.3, 0.4) is 0 Å². The van der Waals surface area contributed by atoms with Gasteiger partial charge in [0.25, 0.3) is 0 Å². The van der Waals surface area contributed by atoms with Crippen LogP contribution in [-0.2, 0) is 9.59 Å². The molecule has 0 bridgehead atoms. The molecule has 0 aromatic carbocycles. The summed E-state index contributed by atoms with van der Waals surface area (Å²) in [5.74, 6) is -1.12. The quantitative estimate of drug-likeness (QED) is 0.358. The fourth-order valence-electron chi connectivity index (χ4n) is 1.64. The Morgan fingerprint density at radius 2 is 1.80 bits per heavy atom. The van der Waals surface area contributed by atoms with Crippen LogP contribution in [0.4, 0.5) is 4.79 Å². The van der Waals surface area contributed by atoms with E-state index in [9.17, 15) is 14.4 Å². The fraction of sp³-hybridized carbons (Fsp3) is 0.750. The first-order valence-electron chi connectivity index (χ1n) is 6.57. The highest BCUT2D eigenvalue weighted by Gasteiger charge is 2.24. The second-order valence-corrected chi connectivity index (χ2v) is 4.97. The number of nitrogens with one attached hydrogen (secondary N) is 2. The predicted molar refractivity (Wildman–Crippen MR) is 73.8 cm³/mol. The molecular formula is C12H24N4O4. The summed E-state index contributed by atoms with van der Waals surface area (Å²) in [5, 5.41) is 13.1. The maximum Gasteiger partial charge on any atom is 0.404 e. The molecule has 0 spiro atoms. The molecule has 0 aliphatic heterocycles. The summed E-state index contributed by atoms with van der Waals surface area (Å²) in [6, 6.07) is -1.47. The van der Waals surface area contributed by atoms with Crippen molar-refractivity contribution in [3.8, 4) is 0 Å². The maximum atomic E-state index is 11.8. The van der Waals surface area contributed by atoms with Gasteiger partial charge in [-0.3, -0.25) is 9.59 Å². The Morgan fingerprint density at radius 3 is 2.25 bits per heavy atom.